The predicted molar refractivity (Wildman–Crippen MR) is 121 cm³/mol. The van der Waals surface area contributed by atoms with Gasteiger partial charge in [0.05, 0.1) is 11.4 Å². The van der Waals surface area contributed by atoms with Crippen LogP contribution in [-0.4, -0.2) is 41.5 Å². The Morgan fingerprint density at radius 3 is 2.59 bits per heavy atom. The highest BCUT2D eigenvalue weighted by molar-refractivity contribution is 8.00. The van der Waals surface area contributed by atoms with E-state index in [-0.39, 0.29) is 11.8 Å². The van der Waals surface area contributed by atoms with E-state index >= 15 is 0 Å². The number of thioether (sulfide) groups is 1. The van der Waals surface area contributed by atoms with Crippen LogP contribution in [0, 0.1) is 0 Å². The second-order valence-electron chi connectivity index (χ2n) is 7.17. The molecule has 1 saturated heterocycles. The van der Waals surface area contributed by atoms with Crippen LogP contribution < -0.4 is 10.2 Å². The Kier molecular flexibility index (Phi) is 6.47. The summed E-state index contributed by atoms with van der Waals surface area (Å²) in [5.74, 6) is 0.376. The minimum Gasteiger partial charge on any atom is -0.322 e. The van der Waals surface area contributed by atoms with E-state index in [9.17, 15) is 9.59 Å². The van der Waals surface area contributed by atoms with Gasteiger partial charge in [-0.25, -0.2) is 4.31 Å². The Labute approximate surface area is 180 Å². The van der Waals surface area contributed by atoms with Gasteiger partial charge in [-0.3, -0.25) is 9.59 Å². The molecule has 5 nitrogen and oxygen atoms in total. The van der Waals surface area contributed by atoms with E-state index in [0.717, 1.165) is 29.4 Å². The summed E-state index contributed by atoms with van der Waals surface area (Å²) in [4.78, 5) is 28.9. The average Bonchev–Trinajstić information content (AvgIpc) is 2.75. The van der Waals surface area contributed by atoms with Crippen LogP contribution in [-0.2, 0) is 4.79 Å². The largest absolute Gasteiger partial charge is 0.322 e. The lowest BCUT2D eigenvalue weighted by molar-refractivity contribution is -0.116. The number of hydrogen-bond donors (Lipinski definition) is 1. The molecule has 1 N–H and O–H groups in total. The molecule has 2 aromatic rings. The maximum absolute atomic E-state index is 12.7. The maximum atomic E-state index is 12.7. The molecular formula is C22H25N3O2S2. The van der Waals surface area contributed by atoms with E-state index < -0.39 is 0 Å². The zero-order valence-electron chi connectivity index (χ0n) is 16.5. The third-order valence-electron chi connectivity index (χ3n) is 5.14. The highest BCUT2D eigenvalue weighted by Crippen LogP contribution is 2.36. The second kappa shape index (κ2) is 9.24. The summed E-state index contributed by atoms with van der Waals surface area (Å²) in [7, 11) is 0. The molecule has 0 aromatic heterocycles. The number of fused-ring (bicyclic) bond motifs is 1. The molecule has 0 radical (unpaired) electrons. The van der Waals surface area contributed by atoms with Crippen molar-refractivity contribution in [3.8, 4) is 0 Å². The minimum absolute atomic E-state index is 0.0874. The van der Waals surface area contributed by atoms with Gasteiger partial charge in [0, 0.05) is 40.7 Å². The summed E-state index contributed by atoms with van der Waals surface area (Å²) in [5.41, 5.74) is 2.16. The fourth-order valence-electron chi connectivity index (χ4n) is 3.60. The van der Waals surface area contributed by atoms with Gasteiger partial charge in [0.2, 0.25) is 5.91 Å². The first-order valence-corrected chi connectivity index (χ1v) is 11.8. The minimum atomic E-state index is -0.164. The number of anilines is 2. The molecule has 7 heteroatoms. The number of amides is 2. The van der Waals surface area contributed by atoms with Crippen molar-refractivity contribution in [1.29, 1.82) is 0 Å². The molecular weight excluding hydrogens is 402 g/mol. The van der Waals surface area contributed by atoms with Gasteiger partial charge in [0.15, 0.2) is 0 Å². The smallest absolute Gasteiger partial charge is 0.255 e. The quantitative estimate of drug-likeness (QED) is 0.689. The first-order chi connectivity index (χ1) is 14.1. The average molecular weight is 428 g/mol. The second-order valence-corrected chi connectivity index (χ2v) is 9.36. The van der Waals surface area contributed by atoms with E-state index in [1.807, 2.05) is 37.3 Å². The van der Waals surface area contributed by atoms with Gasteiger partial charge in [0.25, 0.3) is 5.91 Å². The summed E-state index contributed by atoms with van der Waals surface area (Å²) >= 11 is 3.31. The van der Waals surface area contributed by atoms with Crippen LogP contribution in [0.2, 0.25) is 0 Å². The summed E-state index contributed by atoms with van der Waals surface area (Å²) < 4.78 is 2.41. The summed E-state index contributed by atoms with van der Waals surface area (Å²) in [6, 6.07) is 13.6. The van der Waals surface area contributed by atoms with Gasteiger partial charge < -0.3 is 10.2 Å². The maximum Gasteiger partial charge on any atom is 0.255 e. The molecule has 0 atom stereocenters. The number of piperidine rings is 1. The highest BCUT2D eigenvalue weighted by Gasteiger charge is 2.24. The van der Waals surface area contributed by atoms with Crippen molar-refractivity contribution in [1.82, 2.24) is 4.31 Å². The van der Waals surface area contributed by atoms with Crippen molar-refractivity contribution in [2.75, 3.05) is 35.6 Å². The van der Waals surface area contributed by atoms with Crippen molar-refractivity contribution in [3.05, 3.63) is 48.0 Å². The fraction of sp³-hybridized carbons (Fsp3) is 0.364. The summed E-state index contributed by atoms with van der Waals surface area (Å²) in [5, 5.41) is 2.97. The number of nitrogens with zero attached hydrogens (tertiary/aromatic N) is 2. The molecule has 2 amide bonds. The Balaban J connectivity index is 1.43. The van der Waals surface area contributed by atoms with E-state index in [1.54, 1.807) is 16.8 Å². The molecule has 0 unspecified atom stereocenters. The van der Waals surface area contributed by atoms with Crippen LogP contribution in [0.5, 0.6) is 0 Å². The van der Waals surface area contributed by atoms with Crippen LogP contribution in [0.1, 0.15) is 36.5 Å². The van der Waals surface area contributed by atoms with Gasteiger partial charge >= 0.3 is 0 Å². The topological polar surface area (TPSA) is 52.7 Å². The van der Waals surface area contributed by atoms with Crippen molar-refractivity contribution in [2.24, 2.45) is 0 Å². The van der Waals surface area contributed by atoms with Gasteiger partial charge in [0.1, 0.15) is 0 Å². The lowest BCUT2D eigenvalue weighted by Crippen LogP contribution is -2.35. The van der Waals surface area contributed by atoms with Crippen molar-refractivity contribution in [2.45, 2.75) is 36.0 Å². The standard InChI is InChI=1S/C22H25N3O2S2/c1-2-25-19-14-16(6-11-20(19)28-15-21(25)26)22(27)23-17-7-9-18(10-8-17)29-24-12-4-3-5-13-24/h6-11,14H,2-5,12-13,15H2,1H3,(H,23,27). The number of rotatable bonds is 5. The monoisotopic (exact) mass is 427 g/mol. The number of nitrogens with one attached hydrogen (secondary N) is 1. The third kappa shape index (κ3) is 4.79. The lowest BCUT2D eigenvalue weighted by atomic mass is 10.1. The third-order valence-corrected chi connectivity index (χ3v) is 7.30. The normalized spacial score (nSPS) is 17.1. The first-order valence-electron chi connectivity index (χ1n) is 10.1. The Hall–Kier alpha value is -1.96. The summed E-state index contributed by atoms with van der Waals surface area (Å²) in [6.45, 7) is 4.83. The van der Waals surface area contributed by atoms with E-state index in [0.29, 0.717) is 17.9 Å². The molecule has 2 heterocycles. The van der Waals surface area contributed by atoms with Crippen LogP contribution in [0.3, 0.4) is 0 Å². The van der Waals surface area contributed by atoms with E-state index in [1.165, 1.54) is 35.9 Å². The number of carbonyl (C=O) groups is 2. The molecule has 29 heavy (non-hydrogen) atoms. The van der Waals surface area contributed by atoms with Crippen LogP contribution in [0.4, 0.5) is 11.4 Å². The molecule has 152 valence electrons. The van der Waals surface area contributed by atoms with E-state index in [4.69, 9.17) is 0 Å². The Morgan fingerprint density at radius 1 is 1.10 bits per heavy atom. The Morgan fingerprint density at radius 2 is 1.86 bits per heavy atom. The zero-order chi connectivity index (χ0) is 20.2. The molecule has 2 aliphatic rings. The summed E-state index contributed by atoms with van der Waals surface area (Å²) in [6.07, 6.45) is 3.86. The number of carbonyl (C=O) groups excluding carboxylic acids is 2. The molecule has 4 rings (SSSR count). The lowest BCUT2D eigenvalue weighted by Gasteiger charge is -2.28. The molecule has 0 saturated carbocycles. The van der Waals surface area contributed by atoms with Gasteiger partial charge in [-0.15, -0.1) is 11.8 Å². The molecule has 2 aliphatic heterocycles. The molecule has 0 bridgehead atoms. The number of hydrogen-bond acceptors (Lipinski definition) is 5. The predicted octanol–water partition coefficient (Wildman–Crippen LogP) is 4.89. The molecule has 0 aliphatic carbocycles. The first kappa shape index (κ1) is 20.3. The van der Waals surface area contributed by atoms with Gasteiger partial charge in [-0.2, -0.15) is 0 Å². The van der Waals surface area contributed by atoms with Crippen LogP contribution in [0.25, 0.3) is 0 Å². The van der Waals surface area contributed by atoms with Crippen LogP contribution in [0.15, 0.2) is 52.3 Å². The molecule has 2 aromatic carbocycles. The number of benzene rings is 2. The van der Waals surface area contributed by atoms with Gasteiger partial charge in [-0.05, 0) is 74.2 Å². The molecule has 0 spiro atoms. The Bertz CT molecular complexity index is 895. The van der Waals surface area contributed by atoms with Crippen molar-refractivity contribution in [3.63, 3.8) is 0 Å². The SMILES string of the molecule is CCN1C(=O)CSc2ccc(C(=O)Nc3ccc(SN4CCCCC4)cc3)cc21. The van der Waals surface area contributed by atoms with E-state index in [2.05, 4.69) is 21.8 Å². The van der Waals surface area contributed by atoms with Crippen molar-refractivity contribution < 1.29 is 9.59 Å². The van der Waals surface area contributed by atoms with Gasteiger partial charge in [-0.1, -0.05) is 6.42 Å². The zero-order valence-corrected chi connectivity index (χ0v) is 18.2. The highest BCUT2D eigenvalue weighted by atomic mass is 32.2. The molecule has 1 fully saturated rings. The van der Waals surface area contributed by atoms with Crippen molar-refractivity contribution >= 4 is 46.9 Å². The fourth-order valence-corrected chi connectivity index (χ4v) is 5.51. The van der Waals surface area contributed by atoms with Crippen LogP contribution >= 0.6 is 23.7 Å².